The Balaban J connectivity index is 1.30. The van der Waals surface area contributed by atoms with Gasteiger partial charge in [0.15, 0.2) is 11.5 Å². The third kappa shape index (κ3) is 4.94. The van der Waals surface area contributed by atoms with Gasteiger partial charge in [0.1, 0.15) is 0 Å². The monoisotopic (exact) mass is 475 g/mol. The molecule has 0 saturated carbocycles. The Kier molecular flexibility index (Phi) is 7.35. The fourth-order valence-electron chi connectivity index (χ4n) is 6.30. The Labute approximate surface area is 210 Å². The lowest BCUT2D eigenvalue weighted by Gasteiger charge is -2.37. The van der Waals surface area contributed by atoms with Crippen molar-refractivity contribution in [3.8, 4) is 22.8 Å². The Morgan fingerprint density at radius 1 is 0.886 bits per heavy atom. The van der Waals surface area contributed by atoms with Crippen LogP contribution < -0.4 is 9.47 Å². The zero-order valence-electron chi connectivity index (χ0n) is 21.9. The molecule has 0 aliphatic carbocycles. The molecular formula is C30H41N3O2. The van der Waals surface area contributed by atoms with Crippen molar-refractivity contribution < 1.29 is 9.47 Å². The number of ether oxygens (including phenoxy) is 2. The van der Waals surface area contributed by atoms with Crippen LogP contribution in [-0.2, 0) is 0 Å². The fourth-order valence-corrected chi connectivity index (χ4v) is 6.30. The van der Waals surface area contributed by atoms with E-state index in [1.54, 1.807) is 14.2 Å². The quantitative estimate of drug-likeness (QED) is 0.460. The van der Waals surface area contributed by atoms with Crippen molar-refractivity contribution in [3.63, 3.8) is 0 Å². The number of nitrogens with zero attached hydrogens (tertiary/aromatic N) is 2. The molecule has 1 atom stereocenters. The standard InChI is InChI=1S/C30H41N3O2/c1-5-32-15-6-7-25(14-16-32)33-17-12-22(13-18-33)23-8-10-27-26(19-23)21(2)30(31-27)24-9-11-28(34-3)29(20-24)35-4/h8-11,19-20,22,25,31H,5-7,12-18H2,1-4H3. The summed E-state index contributed by atoms with van der Waals surface area (Å²) in [7, 11) is 3.36. The van der Waals surface area contributed by atoms with E-state index in [-0.39, 0.29) is 0 Å². The molecule has 1 N–H and O–H groups in total. The van der Waals surface area contributed by atoms with Gasteiger partial charge in [-0.15, -0.1) is 0 Å². The maximum atomic E-state index is 5.54. The second-order valence-corrected chi connectivity index (χ2v) is 10.3. The van der Waals surface area contributed by atoms with E-state index < -0.39 is 0 Å². The van der Waals surface area contributed by atoms with Crippen molar-refractivity contribution in [1.82, 2.24) is 14.8 Å². The molecule has 188 valence electrons. The number of aryl methyl sites for hydroxylation is 1. The van der Waals surface area contributed by atoms with Gasteiger partial charge in [-0.2, -0.15) is 0 Å². The van der Waals surface area contributed by atoms with Gasteiger partial charge < -0.3 is 24.3 Å². The number of hydrogen-bond acceptors (Lipinski definition) is 4. The zero-order chi connectivity index (χ0) is 24.4. The molecule has 0 bridgehead atoms. The summed E-state index contributed by atoms with van der Waals surface area (Å²) < 4.78 is 11.0. The molecule has 2 aliphatic heterocycles. The van der Waals surface area contributed by atoms with E-state index in [9.17, 15) is 0 Å². The van der Waals surface area contributed by atoms with Crippen molar-refractivity contribution in [2.45, 2.75) is 57.9 Å². The third-order valence-electron chi connectivity index (χ3n) is 8.51. The highest BCUT2D eigenvalue weighted by Crippen LogP contribution is 2.38. The van der Waals surface area contributed by atoms with Crippen LogP contribution in [0.1, 0.15) is 56.1 Å². The summed E-state index contributed by atoms with van der Waals surface area (Å²) in [5.41, 5.74) is 6.27. The van der Waals surface area contributed by atoms with Crippen LogP contribution >= 0.6 is 0 Å². The number of likely N-dealkylation sites (tertiary alicyclic amines) is 2. The summed E-state index contributed by atoms with van der Waals surface area (Å²) in [6.07, 6.45) is 6.60. The normalized spacial score (nSPS) is 20.7. The summed E-state index contributed by atoms with van der Waals surface area (Å²) in [5.74, 6) is 2.17. The van der Waals surface area contributed by atoms with Crippen LogP contribution in [0, 0.1) is 6.92 Å². The van der Waals surface area contributed by atoms with Crippen molar-refractivity contribution in [2.24, 2.45) is 0 Å². The molecule has 2 aromatic carbocycles. The van der Waals surface area contributed by atoms with Crippen LogP contribution in [0.3, 0.4) is 0 Å². The predicted octanol–water partition coefficient (Wildman–Crippen LogP) is 6.21. The highest BCUT2D eigenvalue weighted by Gasteiger charge is 2.27. The molecule has 2 aliphatic rings. The van der Waals surface area contributed by atoms with E-state index in [0.29, 0.717) is 5.92 Å². The summed E-state index contributed by atoms with van der Waals surface area (Å²) in [4.78, 5) is 9.07. The molecule has 0 radical (unpaired) electrons. The van der Waals surface area contributed by atoms with Crippen LogP contribution in [0.15, 0.2) is 36.4 Å². The molecule has 1 aromatic heterocycles. The zero-order valence-corrected chi connectivity index (χ0v) is 21.9. The average Bonchev–Trinajstić information content (AvgIpc) is 3.07. The minimum atomic E-state index is 0.660. The number of H-pyrrole nitrogens is 1. The second kappa shape index (κ2) is 10.6. The van der Waals surface area contributed by atoms with Gasteiger partial charge in [0.2, 0.25) is 0 Å². The highest BCUT2D eigenvalue weighted by molar-refractivity contribution is 5.91. The number of hydrogen-bond donors (Lipinski definition) is 1. The number of piperidine rings is 1. The number of benzene rings is 2. The van der Waals surface area contributed by atoms with Crippen LogP contribution in [0.5, 0.6) is 11.5 Å². The average molecular weight is 476 g/mol. The van der Waals surface area contributed by atoms with Gasteiger partial charge in [0.25, 0.3) is 0 Å². The maximum absolute atomic E-state index is 5.54. The van der Waals surface area contributed by atoms with Crippen molar-refractivity contribution in [1.29, 1.82) is 0 Å². The lowest BCUT2D eigenvalue weighted by molar-refractivity contribution is 0.138. The molecule has 1 unspecified atom stereocenters. The van der Waals surface area contributed by atoms with E-state index in [4.69, 9.17) is 9.47 Å². The fraction of sp³-hybridized carbons (Fsp3) is 0.533. The number of fused-ring (bicyclic) bond motifs is 1. The highest BCUT2D eigenvalue weighted by atomic mass is 16.5. The summed E-state index contributed by atoms with van der Waals surface area (Å²) in [5, 5.41) is 1.33. The number of nitrogens with one attached hydrogen (secondary N) is 1. The number of methoxy groups -OCH3 is 2. The van der Waals surface area contributed by atoms with Gasteiger partial charge in [-0.3, -0.25) is 0 Å². The number of aromatic amines is 1. The van der Waals surface area contributed by atoms with Crippen LogP contribution in [-0.4, -0.2) is 67.8 Å². The van der Waals surface area contributed by atoms with Gasteiger partial charge in [-0.25, -0.2) is 0 Å². The molecule has 3 aromatic rings. The summed E-state index contributed by atoms with van der Waals surface area (Å²) >= 11 is 0. The molecule has 2 fully saturated rings. The second-order valence-electron chi connectivity index (χ2n) is 10.3. The van der Waals surface area contributed by atoms with E-state index in [2.05, 4.69) is 59.0 Å². The number of aromatic nitrogens is 1. The van der Waals surface area contributed by atoms with Crippen molar-refractivity contribution in [2.75, 3.05) is 46.9 Å². The minimum absolute atomic E-state index is 0.660. The van der Waals surface area contributed by atoms with Crippen LogP contribution in [0.4, 0.5) is 0 Å². The minimum Gasteiger partial charge on any atom is -0.493 e. The Bertz CT molecular complexity index is 1150. The van der Waals surface area contributed by atoms with Gasteiger partial charge in [0, 0.05) is 28.2 Å². The maximum Gasteiger partial charge on any atom is 0.161 e. The molecule has 3 heterocycles. The van der Waals surface area contributed by atoms with Crippen LogP contribution in [0.2, 0.25) is 0 Å². The lowest BCUT2D eigenvalue weighted by atomic mass is 9.87. The van der Waals surface area contributed by atoms with Gasteiger partial charge >= 0.3 is 0 Å². The number of rotatable bonds is 6. The molecule has 5 rings (SSSR count). The topological polar surface area (TPSA) is 40.7 Å². The van der Waals surface area contributed by atoms with Gasteiger partial charge in [-0.05, 0) is 119 Å². The first-order chi connectivity index (χ1) is 17.1. The SMILES string of the molecule is CCN1CCCC(N2CCC(c3ccc4[nH]c(-c5ccc(OC)c(OC)c5)c(C)c4c3)CC2)CC1. The smallest absolute Gasteiger partial charge is 0.161 e. The summed E-state index contributed by atoms with van der Waals surface area (Å²) in [6.45, 7) is 10.8. The first-order valence-corrected chi connectivity index (χ1v) is 13.4. The van der Waals surface area contributed by atoms with Crippen LogP contribution in [0.25, 0.3) is 22.2 Å². The molecule has 35 heavy (non-hydrogen) atoms. The Morgan fingerprint density at radius 2 is 1.69 bits per heavy atom. The van der Waals surface area contributed by atoms with E-state index in [0.717, 1.165) is 28.8 Å². The molecule has 2 saturated heterocycles. The lowest BCUT2D eigenvalue weighted by Crippen LogP contribution is -2.41. The first-order valence-electron chi connectivity index (χ1n) is 13.4. The van der Waals surface area contributed by atoms with Gasteiger partial charge in [-0.1, -0.05) is 13.0 Å². The van der Waals surface area contributed by atoms with Crippen molar-refractivity contribution in [3.05, 3.63) is 47.5 Å². The molecule has 5 heteroatoms. The summed E-state index contributed by atoms with van der Waals surface area (Å²) in [6, 6.07) is 14.0. The van der Waals surface area contributed by atoms with E-state index >= 15 is 0 Å². The molecule has 0 amide bonds. The van der Waals surface area contributed by atoms with E-state index in [1.165, 1.54) is 86.9 Å². The first kappa shape index (κ1) is 24.2. The van der Waals surface area contributed by atoms with E-state index in [1.807, 2.05) is 6.07 Å². The molecule has 0 spiro atoms. The molecule has 5 nitrogen and oxygen atoms in total. The predicted molar refractivity (Wildman–Crippen MR) is 145 cm³/mol. The third-order valence-corrected chi connectivity index (χ3v) is 8.51. The Morgan fingerprint density at radius 3 is 2.43 bits per heavy atom. The Hall–Kier alpha value is -2.50. The molecular weight excluding hydrogens is 434 g/mol. The largest absolute Gasteiger partial charge is 0.493 e. The van der Waals surface area contributed by atoms with Gasteiger partial charge in [0.05, 0.1) is 14.2 Å². The van der Waals surface area contributed by atoms with Crippen molar-refractivity contribution >= 4 is 10.9 Å².